The van der Waals surface area contributed by atoms with Crippen molar-refractivity contribution in [2.24, 2.45) is 0 Å². The minimum absolute atomic E-state index is 0.173. The highest BCUT2D eigenvalue weighted by Gasteiger charge is 2.26. The second-order valence-electron chi connectivity index (χ2n) is 8.41. The Kier molecular flexibility index (Phi) is 9.71. The van der Waals surface area contributed by atoms with Gasteiger partial charge < -0.3 is 14.8 Å². The predicted octanol–water partition coefficient (Wildman–Crippen LogP) is 1.76. The van der Waals surface area contributed by atoms with Crippen LogP contribution in [0.1, 0.15) is 18.4 Å². The fourth-order valence-corrected chi connectivity index (χ4v) is 6.21. The van der Waals surface area contributed by atoms with Crippen LogP contribution in [-0.4, -0.2) is 79.3 Å². The number of carbonyl (C=O) groups is 1. The summed E-state index contributed by atoms with van der Waals surface area (Å²) in [5.41, 5.74) is 1.45. The van der Waals surface area contributed by atoms with Crippen LogP contribution in [0.5, 0.6) is 5.75 Å². The molecule has 36 heavy (non-hydrogen) atoms. The molecule has 0 aliphatic carbocycles. The minimum Gasteiger partial charge on any atom is -0.492 e. The number of nitrogens with one attached hydrogen (secondary N) is 1. The van der Waals surface area contributed by atoms with Crippen LogP contribution in [0.15, 0.2) is 53.4 Å². The summed E-state index contributed by atoms with van der Waals surface area (Å²) >= 11 is 0. The number of nitrogens with zero attached hydrogens (tertiary/aromatic N) is 2. The smallest absolute Gasteiger partial charge is 0.243 e. The summed E-state index contributed by atoms with van der Waals surface area (Å²) in [6.07, 6.45) is 1.70. The normalized spacial score (nSPS) is 14.8. The molecule has 1 N–H and O–H groups in total. The standard InChI is InChI=1S/C24H33N3O7S2/c1-20-6-3-4-7-23(20)27(35(2,29)30)14-5-8-24(28)25-13-17-34-21-9-11-22(12-10-21)36(31,32)26-15-18-33-19-16-26/h3-4,6-7,9-12H,5,8,13-19H2,1-2H3,(H,25,28). The van der Waals surface area contributed by atoms with Crippen molar-refractivity contribution in [1.29, 1.82) is 0 Å². The highest BCUT2D eigenvalue weighted by Crippen LogP contribution is 2.23. The molecular weight excluding hydrogens is 506 g/mol. The number of morpholine rings is 1. The SMILES string of the molecule is Cc1ccccc1N(CCCC(=O)NCCOc1ccc(S(=O)(=O)N2CCOCC2)cc1)S(C)(=O)=O. The summed E-state index contributed by atoms with van der Waals surface area (Å²) in [5, 5.41) is 2.75. The molecule has 0 atom stereocenters. The van der Waals surface area contributed by atoms with Gasteiger partial charge in [-0.2, -0.15) is 4.31 Å². The van der Waals surface area contributed by atoms with E-state index in [1.807, 2.05) is 19.1 Å². The Bertz CT molecular complexity index is 1230. The maximum absolute atomic E-state index is 12.7. The zero-order chi connectivity index (χ0) is 26.2. The van der Waals surface area contributed by atoms with Crippen molar-refractivity contribution in [2.75, 3.05) is 56.6 Å². The van der Waals surface area contributed by atoms with Gasteiger partial charge in [-0.15, -0.1) is 0 Å². The largest absolute Gasteiger partial charge is 0.492 e. The van der Waals surface area contributed by atoms with Crippen LogP contribution in [-0.2, 0) is 29.6 Å². The topological polar surface area (TPSA) is 122 Å². The summed E-state index contributed by atoms with van der Waals surface area (Å²) in [5.74, 6) is 0.288. The number of amides is 1. The van der Waals surface area contributed by atoms with Gasteiger partial charge in [0.25, 0.3) is 0 Å². The van der Waals surface area contributed by atoms with Gasteiger partial charge in [0.15, 0.2) is 0 Å². The van der Waals surface area contributed by atoms with Gasteiger partial charge in [-0.3, -0.25) is 9.10 Å². The highest BCUT2D eigenvalue weighted by atomic mass is 32.2. The predicted molar refractivity (Wildman–Crippen MR) is 137 cm³/mol. The molecule has 0 bridgehead atoms. The number of hydrogen-bond donors (Lipinski definition) is 1. The van der Waals surface area contributed by atoms with E-state index in [-0.39, 0.29) is 36.9 Å². The first-order chi connectivity index (χ1) is 17.1. The average Bonchev–Trinajstić information content (AvgIpc) is 2.85. The first-order valence-corrected chi connectivity index (χ1v) is 15.0. The van der Waals surface area contributed by atoms with Crippen molar-refractivity contribution in [3.05, 3.63) is 54.1 Å². The zero-order valence-corrected chi connectivity index (χ0v) is 22.2. The van der Waals surface area contributed by atoms with Crippen LogP contribution in [0.4, 0.5) is 5.69 Å². The van der Waals surface area contributed by atoms with E-state index in [2.05, 4.69) is 5.32 Å². The summed E-state index contributed by atoms with van der Waals surface area (Å²) < 4.78 is 63.3. The molecule has 0 saturated carbocycles. The highest BCUT2D eigenvalue weighted by molar-refractivity contribution is 7.92. The molecule has 2 aromatic carbocycles. The molecule has 0 unspecified atom stereocenters. The number of para-hydroxylation sites is 1. The molecule has 3 rings (SSSR count). The van der Waals surface area contributed by atoms with Crippen LogP contribution in [0, 0.1) is 6.92 Å². The fourth-order valence-electron chi connectivity index (χ4n) is 3.78. The molecule has 1 saturated heterocycles. The van der Waals surface area contributed by atoms with E-state index in [4.69, 9.17) is 9.47 Å². The third-order valence-electron chi connectivity index (χ3n) is 5.67. The van der Waals surface area contributed by atoms with Gasteiger partial charge in [-0.25, -0.2) is 16.8 Å². The van der Waals surface area contributed by atoms with Gasteiger partial charge in [0, 0.05) is 26.1 Å². The average molecular weight is 540 g/mol. The first kappa shape index (κ1) is 27.9. The van der Waals surface area contributed by atoms with Crippen LogP contribution >= 0.6 is 0 Å². The van der Waals surface area contributed by atoms with E-state index in [0.29, 0.717) is 44.2 Å². The number of hydrogen-bond acceptors (Lipinski definition) is 7. The Morgan fingerprint density at radius 1 is 1.06 bits per heavy atom. The zero-order valence-electron chi connectivity index (χ0n) is 20.6. The molecule has 0 radical (unpaired) electrons. The van der Waals surface area contributed by atoms with Gasteiger partial charge in [-0.1, -0.05) is 18.2 Å². The van der Waals surface area contributed by atoms with Gasteiger partial charge in [0.2, 0.25) is 26.0 Å². The molecule has 1 heterocycles. The van der Waals surface area contributed by atoms with Crippen molar-refractivity contribution in [3.8, 4) is 5.75 Å². The number of anilines is 1. The lowest BCUT2D eigenvalue weighted by atomic mass is 10.2. The third-order valence-corrected chi connectivity index (χ3v) is 8.77. The second-order valence-corrected chi connectivity index (χ2v) is 12.3. The van der Waals surface area contributed by atoms with E-state index < -0.39 is 20.0 Å². The van der Waals surface area contributed by atoms with Crippen molar-refractivity contribution in [3.63, 3.8) is 0 Å². The van der Waals surface area contributed by atoms with E-state index in [1.165, 1.54) is 20.7 Å². The molecule has 1 fully saturated rings. The third kappa shape index (κ3) is 7.66. The lowest BCUT2D eigenvalue weighted by molar-refractivity contribution is -0.121. The number of rotatable bonds is 12. The quantitative estimate of drug-likeness (QED) is 0.408. The van der Waals surface area contributed by atoms with Crippen molar-refractivity contribution < 1.29 is 31.1 Å². The number of sulfonamides is 2. The number of ether oxygens (including phenoxy) is 2. The molecule has 0 spiro atoms. The maximum Gasteiger partial charge on any atom is 0.243 e. The van der Waals surface area contributed by atoms with Crippen LogP contribution < -0.4 is 14.4 Å². The molecule has 1 aliphatic rings. The van der Waals surface area contributed by atoms with E-state index in [0.717, 1.165) is 11.8 Å². The first-order valence-electron chi connectivity index (χ1n) is 11.7. The summed E-state index contributed by atoms with van der Waals surface area (Å²) in [6, 6.07) is 13.4. The number of carbonyl (C=O) groups excluding carboxylic acids is 1. The van der Waals surface area contributed by atoms with Gasteiger partial charge in [-0.05, 0) is 49.2 Å². The molecular formula is C24H33N3O7S2. The number of benzene rings is 2. The van der Waals surface area contributed by atoms with Crippen molar-refractivity contribution in [2.45, 2.75) is 24.7 Å². The Hall–Kier alpha value is -2.67. The van der Waals surface area contributed by atoms with Gasteiger partial charge in [0.05, 0.1) is 36.6 Å². The molecule has 198 valence electrons. The Morgan fingerprint density at radius 2 is 1.72 bits per heavy atom. The minimum atomic E-state index is -3.56. The Morgan fingerprint density at radius 3 is 2.36 bits per heavy atom. The van der Waals surface area contributed by atoms with Gasteiger partial charge >= 0.3 is 0 Å². The summed E-state index contributed by atoms with van der Waals surface area (Å²) in [6.45, 7) is 3.95. The number of aryl methyl sites for hydroxylation is 1. The molecule has 1 aliphatic heterocycles. The van der Waals surface area contributed by atoms with Crippen LogP contribution in [0.2, 0.25) is 0 Å². The summed E-state index contributed by atoms with van der Waals surface area (Å²) in [4.78, 5) is 12.4. The summed E-state index contributed by atoms with van der Waals surface area (Å²) in [7, 11) is -7.03. The fraction of sp³-hybridized carbons (Fsp3) is 0.458. The molecule has 0 aromatic heterocycles. The lowest BCUT2D eigenvalue weighted by Crippen LogP contribution is -2.40. The maximum atomic E-state index is 12.7. The van der Waals surface area contributed by atoms with Crippen molar-refractivity contribution in [1.82, 2.24) is 9.62 Å². The lowest BCUT2D eigenvalue weighted by Gasteiger charge is -2.26. The van der Waals surface area contributed by atoms with E-state index in [9.17, 15) is 21.6 Å². The van der Waals surface area contributed by atoms with Crippen molar-refractivity contribution >= 4 is 31.6 Å². The molecule has 2 aromatic rings. The molecule has 10 nitrogen and oxygen atoms in total. The second kappa shape index (κ2) is 12.5. The Balaban J connectivity index is 1.40. The van der Waals surface area contributed by atoms with Gasteiger partial charge in [0.1, 0.15) is 12.4 Å². The monoisotopic (exact) mass is 539 g/mol. The molecule has 1 amide bonds. The van der Waals surface area contributed by atoms with E-state index in [1.54, 1.807) is 24.3 Å². The van der Waals surface area contributed by atoms with E-state index >= 15 is 0 Å². The van der Waals surface area contributed by atoms with Crippen LogP contribution in [0.3, 0.4) is 0 Å². The Labute approximate surface area is 213 Å². The van der Waals surface area contributed by atoms with Crippen LogP contribution in [0.25, 0.3) is 0 Å². The molecule has 12 heteroatoms.